The Labute approximate surface area is 383 Å². The number of carbonyl (C=O) groups excluding carboxylic acids is 5. The smallest absolute Gasteiger partial charge is 0.343 e. The van der Waals surface area contributed by atoms with Gasteiger partial charge in [0.25, 0.3) is 0 Å². The third-order valence-corrected chi connectivity index (χ3v) is 9.58. The van der Waals surface area contributed by atoms with E-state index in [9.17, 15) is 24.0 Å². The lowest BCUT2D eigenvalue weighted by Gasteiger charge is -2.13. The van der Waals surface area contributed by atoms with Gasteiger partial charge in [0.1, 0.15) is 35.2 Å². The van der Waals surface area contributed by atoms with Gasteiger partial charge in [-0.15, -0.1) is 0 Å². The van der Waals surface area contributed by atoms with E-state index in [-0.39, 0.29) is 46.4 Å². The molecule has 66 heavy (non-hydrogen) atoms. The molecule has 0 atom stereocenters. The van der Waals surface area contributed by atoms with Crippen LogP contribution in [0.1, 0.15) is 84.6 Å². The van der Waals surface area contributed by atoms with Crippen molar-refractivity contribution in [3.8, 4) is 46.7 Å². The standard InChI is InChI=1S/C56H44O10/c1-3-47(57)12-8-36-62-49-30-26-45(27-31-49)54(59)65-51-34-35-53(66-55(60)46-28-32-50(33-29-46)63-37-9-13-48(58)4-2)52(38-51)56(61)64-39-44-24-22-43(23-25-44)21-20-42-18-16-41(17-19-42)15-14-40-10-6-5-7-11-40/h3-7,10-11,16-19,22-35,38H,1-2,8-9,12-13,36-37,39H2. The van der Waals surface area contributed by atoms with Gasteiger partial charge in [0.15, 0.2) is 11.6 Å². The minimum atomic E-state index is -0.841. The monoisotopic (exact) mass is 876 g/mol. The Morgan fingerprint density at radius 1 is 0.470 bits per heavy atom. The maximum absolute atomic E-state index is 13.7. The molecule has 0 aliphatic rings. The fourth-order valence-electron chi connectivity index (χ4n) is 5.96. The predicted octanol–water partition coefficient (Wildman–Crippen LogP) is 10.1. The molecule has 0 fully saturated rings. The van der Waals surface area contributed by atoms with Crippen molar-refractivity contribution >= 4 is 29.5 Å². The topological polar surface area (TPSA) is 132 Å². The maximum Gasteiger partial charge on any atom is 0.343 e. The van der Waals surface area contributed by atoms with E-state index in [1.54, 1.807) is 36.4 Å². The lowest BCUT2D eigenvalue weighted by Crippen LogP contribution is -2.14. The highest BCUT2D eigenvalue weighted by molar-refractivity contribution is 5.97. The molecule has 0 saturated carbocycles. The molecule has 0 aliphatic heterocycles. The Morgan fingerprint density at radius 3 is 1.39 bits per heavy atom. The van der Waals surface area contributed by atoms with E-state index in [1.807, 2.05) is 66.7 Å². The van der Waals surface area contributed by atoms with Gasteiger partial charge in [-0.25, -0.2) is 14.4 Å². The van der Waals surface area contributed by atoms with Gasteiger partial charge in [0.2, 0.25) is 0 Å². The summed E-state index contributed by atoms with van der Waals surface area (Å²) in [4.78, 5) is 63.1. The van der Waals surface area contributed by atoms with E-state index in [0.29, 0.717) is 56.0 Å². The average Bonchev–Trinajstić information content (AvgIpc) is 3.36. The average molecular weight is 877 g/mol. The van der Waals surface area contributed by atoms with Crippen molar-refractivity contribution in [2.75, 3.05) is 13.2 Å². The molecular weight excluding hydrogens is 833 g/mol. The number of rotatable bonds is 19. The molecule has 328 valence electrons. The summed E-state index contributed by atoms with van der Waals surface area (Å²) in [5.74, 6) is 11.0. The molecule has 0 bridgehead atoms. The van der Waals surface area contributed by atoms with Crippen molar-refractivity contribution in [1.29, 1.82) is 0 Å². The van der Waals surface area contributed by atoms with Crippen molar-refractivity contribution < 1.29 is 47.7 Å². The van der Waals surface area contributed by atoms with Gasteiger partial charge < -0.3 is 23.7 Å². The first-order chi connectivity index (χ1) is 32.1. The van der Waals surface area contributed by atoms with E-state index in [4.69, 9.17) is 23.7 Å². The highest BCUT2D eigenvalue weighted by Crippen LogP contribution is 2.28. The van der Waals surface area contributed by atoms with Crippen molar-refractivity contribution in [1.82, 2.24) is 0 Å². The quantitative estimate of drug-likeness (QED) is 0.0255. The third kappa shape index (κ3) is 14.7. The summed E-state index contributed by atoms with van der Waals surface area (Å²) in [7, 11) is 0. The number of carbonyl (C=O) groups is 5. The van der Waals surface area contributed by atoms with Crippen LogP contribution in [0.25, 0.3) is 0 Å². The van der Waals surface area contributed by atoms with Crippen molar-refractivity contribution in [2.24, 2.45) is 0 Å². The fraction of sp³-hybridized carbons (Fsp3) is 0.125. The van der Waals surface area contributed by atoms with Crippen molar-refractivity contribution in [3.63, 3.8) is 0 Å². The van der Waals surface area contributed by atoms with Crippen LogP contribution in [0.5, 0.6) is 23.0 Å². The molecule has 0 spiro atoms. The van der Waals surface area contributed by atoms with Crippen LogP contribution in [0.4, 0.5) is 0 Å². The first-order valence-electron chi connectivity index (χ1n) is 21.0. The molecule has 6 aromatic rings. The maximum atomic E-state index is 13.7. The molecule has 0 amide bonds. The highest BCUT2D eigenvalue weighted by atomic mass is 16.6. The Kier molecular flexibility index (Phi) is 17.2. The minimum Gasteiger partial charge on any atom is -0.494 e. The van der Waals surface area contributed by atoms with Crippen LogP contribution in [-0.2, 0) is 20.9 Å². The van der Waals surface area contributed by atoms with E-state index in [1.165, 1.54) is 54.6 Å². The molecule has 0 N–H and O–H groups in total. The van der Waals surface area contributed by atoms with Crippen molar-refractivity contribution in [3.05, 3.63) is 215 Å². The zero-order valence-electron chi connectivity index (χ0n) is 36.0. The molecule has 0 radical (unpaired) electrons. The van der Waals surface area contributed by atoms with E-state index < -0.39 is 17.9 Å². The molecule has 6 aromatic carbocycles. The van der Waals surface area contributed by atoms with Gasteiger partial charge in [-0.3, -0.25) is 9.59 Å². The molecule has 10 heteroatoms. The van der Waals surface area contributed by atoms with Gasteiger partial charge in [0.05, 0.1) is 24.3 Å². The van der Waals surface area contributed by atoms with Crippen LogP contribution in [0, 0.1) is 23.7 Å². The minimum absolute atomic E-state index is 0.00654. The Morgan fingerprint density at radius 2 is 0.909 bits per heavy atom. The van der Waals surface area contributed by atoms with Crippen LogP contribution in [-0.4, -0.2) is 42.7 Å². The second-order valence-electron chi connectivity index (χ2n) is 14.4. The molecule has 0 aliphatic carbocycles. The van der Waals surface area contributed by atoms with Gasteiger partial charge in [0, 0.05) is 35.1 Å². The lowest BCUT2D eigenvalue weighted by atomic mass is 10.1. The summed E-state index contributed by atoms with van der Waals surface area (Å²) in [6.07, 6.45) is 4.19. The summed E-state index contributed by atoms with van der Waals surface area (Å²) in [5.41, 5.74) is 4.28. The number of hydrogen-bond acceptors (Lipinski definition) is 10. The van der Waals surface area contributed by atoms with Crippen LogP contribution in [0.15, 0.2) is 171 Å². The summed E-state index contributed by atoms with van der Waals surface area (Å²) in [5, 5.41) is 0. The highest BCUT2D eigenvalue weighted by Gasteiger charge is 2.21. The second kappa shape index (κ2) is 24.2. The molecule has 6 rings (SSSR count). The number of hydrogen-bond donors (Lipinski definition) is 0. The van der Waals surface area contributed by atoms with E-state index in [2.05, 4.69) is 36.8 Å². The largest absolute Gasteiger partial charge is 0.494 e. The number of ketones is 2. The van der Waals surface area contributed by atoms with Gasteiger partial charge >= 0.3 is 17.9 Å². The molecular formula is C56H44O10. The number of ether oxygens (including phenoxy) is 5. The van der Waals surface area contributed by atoms with Crippen LogP contribution >= 0.6 is 0 Å². The van der Waals surface area contributed by atoms with Crippen LogP contribution < -0.4 is 18.9 Å². The van der Waals surface area contributed by atoms with Gasteiger partial charge in [-0.2, -0.15) is 0 Å². The van der Waals surface area contributed by atoms with Crippen molar-refractivity contribution in [2.45, 2.75) is 32.3 Å². The zero-order valence-corrected chi connectivity index (χ0v) is 36.0. The third-order valence-electron chi connectivity index (χ3n) is 9.58. The zero-order chi connectivity index (χ0) is 46.5. The first kappa shape index (κ1) is 46.8. The van der Waals surface area contributed by atoms with E-state index in [0.717, 1.165) is 22.3 Å². The molecule has 0 saturated heterocycles. The van der Waals surface area contributed by atoms with Gasteiger partial charge in [-0.05, 0) is 146 Å². The molecule has 0 heterocycles. The number of benzene rings is 6. The summed E-state index contributed by atoms with van der Waals surface area (Å²) in [6, 6.07) is 41.1. The Balaban J connectivity index is 1.11. The first-order valence-corrected chi connectivity index (χ1v) is 21.0. The molecule has 0 unspecified atom stereocenters. The fourth-order valence-corrected chi connectivity index (χ4v) is 5.96. The summed E-state index contributed by atoms with van der Waals surface area (Å²) < 4.78 is 28.3. The number of allylic oxidation sites excluding steroid dienone is 2. The summed E-state index contributed by atoms with van der Waals surface area (Å²) in [6.45, 7) is 7.40. The lowest BCUT2D eigenvalue weighted by molar-refractivity contribution is -0.115. The van der Waals surface area contributed by atoms with Crippen LogP contribution in [0.3, 0.4) is 0 Å². The SMILES string of the molecule is C=CC(=O)CCCOc1ccc(C(=O)Oc2ccc(OC(=O)c3ccc(OCCCC(=O)C=C)cc3)c(C(=O)OCc3ccc(C#Cc4ccc(C#Cc5ccccc5)cc4)cc3)c2)cc1. The Hall–Kier alpha value is -8.73. The van der Waals surface area contributed by atoms with Gasteiger partial charge in [-0.1, -0.05) is 67.2 Å². The summed E-state index contributed by atoms with van der Waals surface area (Å²) >= 11 is 0. The normalized spacial score (nSPS) is 10.1. The number of esters is 3. The molecule has 10 nitrogen and oxygen atoms in total. The van der Waals surface area contributed by atoms with E-state index >= 15 is 0 Å². The second-order valence-corrected chi connectivity index (χ2v) is 14.4. The predicted molar refractivity (Wildman–Crippen MR) is 250 cm³/mol. The Bertz CT molecular complexity index is 2800. The van der Waals surface area contributed by atoms with Crippen LogP contribution in [0.2, 0.25) is 0 Å². The molecule has 0 aromatic heterocycles.